The summed E-state index contributed by atoms with van der Waals surface area (Å²) in [6.45, 7) is 2.82. The van der Waals surface area contributed by atoms with Crippen molar-refractivity contribution in [1.29, 1.82) is 5.26 Å². The van der Waals surface area contributed by atoms with Crippen LogP contribution in [0.3, 0.4) is 0 Å². The average molecular weight is 219 g/mol. The molecule has 80 valence electrons. The minimum atomic E-state index is -2.15. The van der Waals surface area contributed by atoms with E-state index in [9.17, 15) is 0 Å². The monoisotopic (exact) mass is 219 g/mol. The Labute approximate surface area is 84.2 Å². The van der Waals surface area contributed by atoms with E-state index in [0.29, 0.717) is 32.8 Å². The zero-order valence-electron chi connectivity index (χ0n) is 7.83. The van der Waals surface area contributed by atoms with E-state index in [2.05, 4.69) is 0 Å². The number of morpholine rings is 1. The Morgan fingerprint density at radius 3 is 2.57 bits per heavy atom. The van der Waals surface area contributed by atoms with Gasteiger partial charge in [0.15, 0.2) is 0 Å². The molecule has 0 aromatic rings. The van der Waals surface area contributed by atoms with Gasteiger partial charge >= 0.3 is 0 Å². The first-order chi connectivity index (χ1) is 6.75. The molecule has 14 heavy (non-hydrogen) atoms. The fourth-order valence-corrected chi connectivity index (χ4v) is 1.96. The second kappa shape index (κ2) is 6.25. The molecule has 0 bridgehead atoms. The molecule has 0 amide bonds. The Balaban J connectivity index is 2.43. The quantitative estimate of drug-likeness (QED) is 0.630. The van der Waals surface area contributed by atoms with Gasteiger partial charge in [0.1, 0.15) is 0 Å². The van der Waals surface area contributed by atoms with Crippen molar-refractivity contribution in [2.75, 3.05) is 32.8 Å². The first-order valence-corrected chi connectivity index (χ1v) is 5.60. The van der Waals surface area contributed by atoms with Crippen molar-refractivity contribution in [3.8, 4) is 6.07 Å². The Kier molecular flexibility index (Phi) is 5.26. The van der Waals surface area contributed by atoms with Gasteiger partial charge in [0.25, 0.3) is 8.53 Å². The number of hydrogen-bond acceptors (Lipinski definition) is 6. The summed E-state index contributed by atoms with van der Waals surface area (Å²) in [6, 6.07) is 1.98. The smallest absolute Gasteiger partial charge is 0.268 e. The zero-order valence-corrected chi connectivity index (χ0v) is 8.73. The van der Waals surface area contributed by atoms with Gasteiger partial charge < -0.3 is 14.5 Å². The van der Waals surface area contributed by atoms with Gasteiger partial charge in [0.05, 0.1) is 19.3 Å². The van der Waals surface area contributed by atoms with Crippen LogP contribution in [0.5, 0.6) is 0 Å². The van der Waals surface area contributed by atoms with Crippen LogP contribution in [0, 0.1) is 11.3 Å². The summed E-state index contributed by atoms with van der Waals surface area (Å²) >= 11 is 0. The molecule has 7 heteroatoms. The number of nitrogens with zero attached hydrogens (tertiary/aromatic N) is 3. The van der Waals surface area contributed by atoms with Crippen LogP contribution in [0.15, 0.2) is 0 Å². The molecule has 1 fully saturated rings. The van der Waals surface area contributed by atoms with Crippen molar-refractivity contribution >= 4 is 8.53 Å². The zero-order chi connectivity index (χ0) is 10.4. The SMILES string of the molecule is N#CCCN(N1CCOCC1)P(O)O. The molecule has 6 nitrogen and oxygen atoms in total. The summed E-state index contributed by atoms with van der Waals surface area (Å²) in [5.41, 5.74) is 0. The van der Waals surface area contributed by atoms with Crippen LogP contribution in [0.1, 0.15) is 6.42 Å². The molecule has 0 radical (unpaired) electrons. The van der Waals surface area contributed by atoms with E-state index in [1.807, 2.05) is 11.1 Å². The van der Waals surface area contributed by atoms with Gasteiger partial charge in [-0.25, -0.2) is 5.01 Å². The highest BCUT2D eigenvalue weighted by Crippen LogP contribution is 2.31. The van der Waals surface area contributed by atoms with Crippen LogP contribution in [-0.4, -0.2) is 52.4 Å². The highest BCUT2D eigenvalue weighted by atomic mass is 31.2. The van der Waals surface area contributed by atoms with Crippen molar-refractivity contribution < 1.29 is 14.5 Å². The number of hydrogen-bond donors (Lipinski definition) is 2. The van der Waals surface area contributed by atoms with E-state index in [0.717, 1.165) is 0 Å². The van der Waals surface area contributed by atoms with Crippen molar-refractivity contribution in [3.63, 3.8) is 0 Å². The highest BCUT2D eigenvalue weighted by Gasteiger charge is 2.23. The standard InChI is InChI=1S/C7H14N3O3P/c8-2-1-3-10(14(11)12)9-4-6-13-7-5-9/h11-12H,1,3-7H2. The summed E-state index contributed by atoms with van der Waals surface area (Å²) in [5, 5.41) is 10.2. The molecular weight excluding hydrogens is 205 g/mol. The van der Waals surface area contributed by atoms with Crippen molar-refractivity contribution in [2.45, 2.75) is 6.42 Å². The second-order valence-corrected chi connectivity index (χ2v) is 3.84. The lowest BCUT2D eigenvalue weighted by Gasteiger charge is -2.36. The fourth-order valence-electron chi connectivity index (χ4n) is 1.28. The second-order valence-electron chi connectivity index (χ2n) is 2.84. The van der Waals surface area contributed by atoms with E-state index >= 15 is 0 Å². The molecular formula is C7H14N3O3P. The summed E-state index contributed by atoms with van der Waals surface area (Å²) in [4.78, 5) is 18.3. The van der Waals surface area contributed by atoms with Gasteiger partial charge in [-0.15, -0.1) is 0 Å². The number of ether oxygens (including phenoxy) is 1. The van der Waals surface area contributed by atoms with E-state index in [1.165, 1.54) is 4.78 Å². The number of hydrazine groups is 1. The predicted molar refractivity (Wildman–Crippen MR) is 50.7 cm³/mol. The maximum Gasteiger partial charge on any atom is 0.268 e. The maximum atomic E-state index is 9.15. The Morgan fingerprint density at radius 2 is 2.07 bits per heavy atom. The molecule has 0 atom stereocenters. The third kappa shape index (κ3) is 3.46. The maximum absolute atomic E-state index is 9.15. The molecule has 1 heterocycles. The topological polar surface area (TPSA) is 80.0 Å². The molecule has 0 saturated carbocycles. The van der Waals surface area contributed by atoms with Crippen LogP contribution < -0.4 is 0 Å². The van der Waals surface area contributed by atoms with Crippen molar-refractivity contribution in [1.82, 2.24) is 9.79 Å². The molecule has 1 saturated heterocycles. The van der Waals surface area contributed by atoms with Gasteiger partial charge in [0.2, 0.25) is 0 Å². The van der Waals surface area contributed by atoms with Crippen LogP contribution in [0.4, 0.5) is 0 Å². The van der Waals surface area contributed by atoms with Gasteiger partial charge in [-0.05, 0) is 0 Å². The van der Waals surface area contributed by atoms with Gasteiger partial charge in [-0.3, -0.25) is 0 Å². The number of nitriles is 1. The first kappa shape index (κ1) is 11.8. The van der Waals surface area contributed by atoms with Gasteiger partial charge in [0, 0.05) is 26.1 Å². The molecule has 2 N–H and O–H groups in total. The molecule has 0 unspecified atom stereocenters. The van der Waals surface area contributed by atoms with Crippen LogP contribution in [0.2, 0.25) is 0 Å². The van der Waals surface area contributed by atoms with E-state index in [-0.39, 0.29) is 6.42 Å². The van der Waals surface area contributed by atoms with Gasteiger partial charge in [-0.2, -0.15) is 10.0 Å². The Hall–Kier alpha value is -0.280. The van der Waals surface area contributed by atoms with Gasteiger partial charge in [-0.1, -0.05) is 0 Å². The van der Waals surface area contributed by atoms with Crippen molar-refractivity contribution in [3.05, 3.63) is 0 Å². The van der Waals surface area contributed by atoms with E-state index < -0.39 is 8.53 Å². The summed E-state index contributed by atoms with van der Waals surface area (Å²) in [7, 11) is -2.15. The molecule has 0 aliphatic carbocycles. The minimum Gasteiger partial charge on any atom is -0.379 e. The third-order valence-corrected chi connectivity index (χ3v) is 2.81. The molecule has 1 aliphatic rings. The van der Waals surface area contributed by atoms with Crippen LogP contribution >= 0.6 is 8.53 Å². The molecule has 1 rings (SSSR count). The van der Waals surface area contributed by atoms with E-state index in [4.69, 9.17) is 19.8 Å². The predicted octanol–water partition coefficient (Wildman–Crippen LogP) is -0.339. The Morgan fingerprint density at radius 1 is 1.43 bits per heavy atom. The molecule has 0 aromatic heterocycles. The summed E-state index contributed by atoms with van der Waals surface area (Å²) in [5.74, 6) is 0. The molecule has 1 aliphatic heterocycles. The molecule has 0 aromatic carbocycles. The lowest BCUT2D eigenvalue weighted by molar-refractivity contribution is -0.0475. The fraction of sp³-hybridized carbons (Fsp3) is 0.857. The van der Waals surface area contributed by atoms with Crippen molar-refractivity contribution in [2.24, 2.45) is 0 Å². The number of rotatable bonds is 4. The Bertz CT molecular complexity index is 203. The van der Waals surface area contributed by atoms with Crippen LogP contribution in [-0.2, 0) is 4.74 Å². The highest BCUT2D eigenvalue weighted by molar-refractivity contribution is 7.42. The largest absolute Gasteiger partial charge is 0.379 e. The normalized spacial score (nSPS) is 18.8. The summed E-state index contributed by atoms with van der Waals surface area (Å²) in [6.07, 6.45) is 0.289. The average Bonchev–Trinajstić information content (AvgIpc) is 2.19. The minimum absolute atomic E-state index is 0.289. The summed E-state index contributed by atoms with van der Waals surface area (Å²) < 4.78 is 6.59. The lowest BCUT2D eigenvalue weighted by atomic mass is 10.4. The molecule has 0 spiro atoms. The van der Waals surface area contributed by atoms with Crippen LogP contribution in [0.25, 0.3) is 0 Å². The van der Waals surface area contributed by atoms with E-state index in [1.54, 1.807) is 0 Å². The lowest BCUT2D eigenvalue weighted by Crippen LogP contribution is -2.46. The first-order valence-electron chi connectivity index (χ1n) is 4.40. The third-order valence-electron chi connectivity index (χ3n) is 1.94.